The van der Waals surface area contributed by atoms with Crippen LogP contribution in [-0.4, -0.2) is 31.7 Å². The van der Waals surface area contributed by atoms with Gasteiger partial charge in [0, 0.05) is 12.2 Å². The van der Waals surface area contributed by atoms with Gasteiger partial charge in [0.15, 0.2) is 0 Å². The van der Waals surface area contributed by atoms with Crippen molar-refractivity contribution in [3.05, 3.63) is 24.3 Å². The van der Waals surface area contributed by atoms with Crippen LogP contribution in [0.5, 0.6) is 0 Å². The molecule has 0 bridgehead atoms. The maximum absolute atomic E-state index is 5.94. The van der Waals surface area contributed by atoms with Crippen molar-refractivity contribution in [1.82, 2.24) is 0 Å². The quantitative estimate of drug-likeness (QED) is 0.619. The highest BCUT2D eigenvalue weighted by molar-refractivity contribution is 6.61. The topological polar surface area (TPSA) is 18.5 Å². The van der Waals surface area contributed by atoms with Gasteiger partial charge in [0.2, 0.25) is 0 Å². The molecule has 4 heteroatoms. The molecule has 0 heterocycles. The Kier molecular flexibility index (Phi) is 9.10. The lowest BCUT2D eigenvalue weighted by atomic mass is 10.2. The van der Waals surface area contributed by atoms with Crippen LogP contribution in [0.1, 0.15) is 53.4 Å². The fraction of sp³-hybridized carbons (Fsp3) is 0.625. The molecule has 1 rings (SSSR count). The molecule has 0 saturated carbocycles. The molecule has 0 saturated heterocycles. The van der Waals surface area contributed by atoms with Crippen molar-refractivity contribution in [2.45, 2.75) is 65.6 Å². The minimum Gasteiger partial charge on any atom is -0.409 e. The summed E-state index contributed by atoms with van der Waals surface area (Å²) in [5, 5.41) is 2.58. The highest BCUT2D eigenvalue weighted by Crippen LogP contribution is 2.00. The van der Waals surface area contributed by atoms with E-state index in [-0.39, 0.29) is 0 Å². The minimum absolute atomic E-state index is 0.342. The maximum atomic E-state index is 5.94. The normalized spacial score (nSPS) is 14.2. The van der Waals surface area contributed by atoms with Crippen molar-refractivity contribution < 1.29 is 8.85 Å². The van der Waals surface area contributed by atoms with Gasteiger partial charge in [0.05, 0.1) is 0 Å². The fourth-order valence-electron chi connectivity index (χ4n) is 1.92. The van der Waals surface area contributed by atoms with Crippen molar-refractivity contribution in [3.63, 3.8) is 0 Å². The molecule has 0 aliphatic heterocycles. The summed E-state index contributed by atoms with van der Waals surface area (Å²) in [7, 11) is 0.850. The van der Waals surface area contributed by atoms with Crippen LogP contribution < -0.4 is 10.4 Å². The number of hydrogen-bond donors (Lipinski definition) is 0. The molecule has 2 nitrogen and oxygen atoms in total. The first kappa shape index (κ1) is 17.6. The standard InChI is InChI=1S/C16H26O2Si2/c1-5-9-13(3)17-19-15-11-7-8-12-16(15)20-18-14(4)10-6-2/h7-8,11-14H,5-6,9-10H2,1-4H3. The van der Waals surface area contributed by atoms with Crippen LogP contribution in [-0.2, 0) is 8.85 Å². The third-order valence-electron chi connectivity index (χ3n) is 3.06. The summed E-state index contributed by atoms with van der Waals surface area (Å²) in [5.41, 5.74) is 0. The van der Waals surface area contributed by atoms with E-state index in [1.807, 2.05) is 0 Å². The van der Waals surface area contributed by atoms with Crippen molar-refractivity contribution in [2.24, 2.45) is 0 Å². The molecule has 0 fully saturated rings. The molecule has 2 atom stereocenters. The van der Waals surface area contributed by atoms with Crippen molar-refractivity contribution in [3.8, 4) is 0 Å². The second-order valence-corrected chi connectivity index (χ2v) is 7.14. The van der Waals surface area contributed by atoms with Crippen LogP contribution in [0.15, 0.2) is 24.3 Å². The van der Waals surface area contributed by atoms with Crippen molar-refractivity contribution >= 4 is 29.9 Å². The van der Waals surface area contributed by atoms with Gasteiger partial charge < -0.3 is 8.85 Å². The molecule has 1 aromatic rings. The molecule has 0 aromatic heterocycles. The first-order chi connectivity index (χ1) is 9.67. The average Bonchev–Trinajstić information content (AvgIpc) is 2.44. The second-order valence-electron chi connectivity index (χ2n) is 5.18. The average molecular weight is 307 g/mol. The summed E-state index contributed by atoms with van der Waals surface area (Å²) in [6, 6.07) is 8.49. The van der Waals surface area contributed by atoms with E-state index in [9.17, 15) is 0 Å². The molecule has 2 unspecified atom stereocenters. The van der Waals surface area contributed by atoms with Crippen LogP contribution >= 0.6 is 0 Å². The van der Waals surface area contributed by atoms with Crippen LogP contribution in [0.25, 0.3) is 0 Å². The van der Waals surface area contributed by atoms with Gasteiger partial charge in [0.25, 0.3) is 19.5 Å². The van der Waals surface area contributed by atoms with Crippen LogP contribution in [0.2, 0.25) is 0 Å². The second kappa shape index (κ2) is 10.3. The highest BCUT2D eigenvalue weighted by Gasteiger charge is 2.10. The zero-order valence-corrected chi connectivity index (χ0v) is 15.1. The van der Waals surface area contributed by atoms with Gasteiger partial charge in [-0.25, -0.2) is 0 Å². The van der Waals surface area contributed by atoms with E-state index in [2.05, 4.69) is 52.0 Å². The van der Waals surface area contributed by atoms with Crippen LogP contribution in [0, 0.1) is 0 Å². The minimum atomic E-state index is 0.342. The van der Waals surface area contributed by atoms with Gasteiger partial charge in [-0.3, -0.25) is 0 Å². The zero-order valence-electron chi connectivity index (χ0n) is 13.1. The largest absolute Gasteiger partial charge is 0.409 e. The molecule has 20 heavy (non-hydrogen) atoms. The lowest BCUT2D eigenvalue weighted by Gasteiger charge is -2.15. The first-order valence-electron chi connectivity index (χ1n) is 7.59. The number of rotatable bonds is 10. The van der Waals surface area contributed by atoms with E-state index >= 15 is 0 Å². The van der Waals surface area contributed by atoms with Gasteiger partial charge in [-0.15, -0.1) is 0 Å². The van der Waals surface area contributed by atoms with Gasteiger partial charge in [0.1, 0.15) is 0 Å². The summed E-state index contributed by atoms with van der Waals surface area (Å²) in [4.78, 5) is 0. The molecular formula is C16H26O2Si2. The molecule has 0 aliphatic rings. The Hall–Kier alpha value is -0.426. The SMILES string of the molecule is CCCC(C)O[Si]c1ccccc1[Si]OC(C)CCC. The Morgan fingerprint density at radius 1 is 0.850 bits per heavy atom. The summed E-state index contributed by atoms with van der Waals surface area (Å²) in [5.74, 6) is 0. The summed E-state index contributed by atoms with van der Waals surface area (Å²) >= 11 is 0. The first-order valence-corrected chi connectivity index (χ1v) is 9.41. The third kappa shape index (κ3) is 6.84. The molecule has 4 radical (unpaired) electrons. The lowest BCUT2D eigenvalue weighted by molar-refractivity contribution is 0.223. The molecule has 0 spiro atoms. The number of hydrogen-bond acceptors (Lipinski definition) is 2. The zero-order chi connectivity index (χ0) is 14.8. The Labute approximate surface area is 129 Å². The predicted molar refractivity (Wildman–Crippen MR) is 88.1 cm³/mol. The van der Waals surface area contributed by atoms with E-state index in [1.165, 1.54) is 23.2 Å². The van der Waals surface area contributed by atoms with Gasteiger partial charge in [-0.2, -0.15) is 0 Å². The molecular weight excluding hydrogens is 280 g/mol. The Morgan fingerprint density at radius 3 is 1.60 bits per heavy atom. The van der Waals surface area contributed by atoms with Gasteiger partial charge in [-0.1, -0.05) is 51.0 Å². The Balaban J connectivity index is 2.50. The predicted octanol–water partition coefficient (Wildman–Crippen LogP) is 2.59. The number of benzene rings is 1. The molecule has 0 amide bonds. The molecule has 0 aliphatic carbocycles. The highest BCUT2D eigenvalue weighted by atomic mass is 28.2. The van der Waals surface area contributed by atoms with E-state index in [0.29, 0.717) is 31.7 Å². The van der Waals surface area contributed by atoms with Gasteiger partial charge >= 0.3 is 0 Å². The van der Waals surface area contributed by atoms with Crippen molar-refractivity contribution in [1.29, 1.82) is 0 Å². The third-order valence-corrected chi connectivity index (χ3v) is 5.66. The van der Waals surface area contributed by atoms with E-state index in [4.69, 9.17) is 8.85 Å². The summed E-state index contributed by atoms with van der Waals surface area (Å²) in [6.45, 7) is 8.70. The fourth-order valence-corrected chi connectivity index (χ4v) is 3.83. The van der Waals surface area contributed by atoms with E-state index in [0.717, 1.165) is 12.8 Å². The van der Waals surface area contributed by atoms with Crippen molar-refractivity contribution in [2.75, 3.05) is 0 Å². The smallest absolute Gasteiger partial charge is 0.269 e. The van der Waals surface area contributed by atoms with Crippen LogP contribution in [0.4, 0.5) is 0 Å². The Morgan fingerprint density at radius 2 is 1.25 bits per heavy atom. The van der Waals surface area contributed by atoms with E-state index in [1.54, 1.807) is 0 Å². The van der Waals surface area contributed by atoms with Crippen LogP contribution in [0.3, 0.4) is 0 Å². The maximum Gasteiger partial charge on any atom is 0.269 e. The molecule has 1 aromatic carbocycles. The summed E-state index contributed by atoms with van der Waals surface area (Å²) in [6.07, 6.45) is 5.28. The summed E-state index contributed by atoms with van der Waals surface area (Å²) < 4.78 is 11.9. The van der Waals surface area contributed by atoms with Gasteiger partial charge in [-0.05, 0) is 37.1 Å². The monoisotopic (exact) mass is 306 g/mol. The lowest BCUT2D eigenvalue weighted by Crippen LogP contribution is -2.39. The van der Waals surface area contributed by atoms with E-state index < -0.39 is 0 Å². The Bertz CT molecular complexity index is 336. The molecule has 0 N–H and O–H groups in total. The molecule has 110 valence electrons.